The predicted octanol–water partition coefficient (Wildman–Crippen LogP) is 10.3. The van der Waals surface area contributed by atoms with Gasteiger partial charge in [0.25, 0.3) is 0 Å². The van der Waals surface area contributed by atoms with Crippen LogP contribution in [0.1, 0.15) is 207 Å². The van der Waals surface area contributed by atoms with Crippen LogP contribution in [0.5, 0.6) is 0 Å². The smallest absolute Gasteiger partial charge is 0.726 e. The Bertz CT molecular complexity index is 819. The van der Waals surface area contributed by atoms with E-state index in [0.717, 1.165) is 25.7 Å². The molecule has 0 saturated heterocycles. The number of ether oxygens (including phenoxy) is 2. The van der Waals surface area contributed by atoms with Crippen molar-refractivity contribution < 1.29 is 43.8 Å². The monoisotopic (exact) mass is 782 g/mol. The summed E-state index contributed by atoms with van der Waals surface area (Å²) >= 11 is 0. The Labute approximate surface area is 332 Å². The summed E-state index contributed by atoms with van der Waals surface area (Å²) in [5, 5.41) is 0. The number of rotatable bonds is 38. The molecule has 0 radical (unpaired) electrons. The molecule has 0 aromatic rings. The summed E-state index contributed by atoms with van der Waals surface area (Å²) in [5.74, 6) is 0. The van der Waals surface area contributed by atoms with Crippen molar-refractivity contribution >= 4 is 43.9 Å². The molecule has 0 aromatic carbocycles. The number of unbranched alkanes of at least 4 members (excludes halogenated alkanes) is 26. The molecule has 0 bridgehead atoms. The van der Waals surface area contributed by atoms with E-state index in [9.17, 15) is 25.9 Å². The van der Waals surface area contributed by atoms with E-state index in [-0.39, 0.29) is 36.3 Å². The first-order chi connectivity index (χ1) is 23.9. The summed E-state index contributed by atoms with van der Waals surface area (Å²) in [7, 11) is -9.25. The van der Waals surface area contributed by atoms with Crippen molar-refractivity contribution in [1.29, 1.82) is 0 Å². The third-order valence-corrected chi connectivity index (χ3v) is 9.68. The molecule has 2 unspecified atom stereocenters. The van der Waals surface area contributed by atoms with Crippen LogP contribution < -0.4 is 0 Å². The first kappa shape index (κ1) is 55.8. The van der Waals surface area contributed by atoms with Gasteiger partial charge in [0.2, 0.25) is 20.8 Å². The van der Waals surface area contributed by atoms with Gasteiger partial charge in [0.15, 0.2) is 0 Å². The minimum absolute atomic E-state index is 0. The Morgan fingerprint density at radius 1 is 0.392 bits per heavy atom. The van der Waals surface area contributed by atoms with E-state index in [4.69, 9.17) is 9.47 Å². The zero-order valence-corrected chi connectivity index (χ0v) is 36.4. The van der Waals surface area contributed by atoms with Gasteiger partial charge < -0.3 is 18.6 Å². The molecule has 0 spiro atoms. The van der Waals surface area contributed by atoms with Crippen molar-refractivity contribution in [3.05, 3.63) is 0 Å². The van der Waals surface area contributed by atoms with Gasteiger partial charge in [-0.1, -0.05) is 181 Å². The van der Waals surface area contributed by atoms with Gasteiger partial charge in [-0.25, -0.2) is 16.8 Å². The Kier molecular flexibility index (Phi) is 45.5. The van der Waals surface area contributed by atoms with E-state index >= 15 is 0 Å². The van der Waals surface area contributed by atoms with Gasteiger partial charge in [-0.3, -0.25) is 8.37 Å². The van der Waals surface area contributed by atoms with E-state index in [0.29, 0.717) is 13.2 Å². The molecular formula is C38H78MgO10S2. The molecule has 51 heavy (non-hydrogen) atoms. The standard InChI is InChI=1S/2C19H40O5S.Mg/c2*1-3-4-5-6-7-8-9-10-11-12-13-14-15-16-17-23-18-19(2)24-25(20,21)22;/h2*19H,3-18H2,1-2H3,(H,20,21,22);/q;;+2/p-2. The van der Waals surface area contributed by atoms with Crippen molar-refractivity contribution in [3.8, 4) is 0 Å². The maximum absolute atomic E-state index is 10.4. The fourth-order valence-electron chi connectivity index (χ4n) is 5.75. The van der Waals surface area contributed by atoms with E-state index in [1.165, 1.54) is 168 Å². The molecule has 0 aliphatic rings. The first-order valence-corrected chi connectivity index (χ1v) is 23.0. The van der Waals surface area contributed by atoms with Crippen LogP contribution in [0.3, 0.4) is 0 Å². The number of hydrogen-bond acceptors (Lipinski definition) is 10. The van der Waals surface area contributed by atoms with Gasteiger partial charge in [-0.15, -0.1) is 0 Å². The molecule has 2 atom stereocenters. The van der Waals surface area contributed by atoms with Gasteiger partial charge in [0, 0.05) is 13.2 Å². The second-order valence-electron chi connectivity index (χ2n) is 14.0. The zero-order valence-electron chi connectivity index (χ0n) is 33.4. The summed E-state index contributed by atoms with van der Waals surface area (Å²) in [5.41, 5.74) is 0. The average molecular weight is 783 g/mol. The Morgan fingerprint density at radius 2 is 0.588 bits per heavy atom. The van der Waals surface area contributed by atoms with Crippen LogP contribution in [0.2, 0.25) is 0 Å². The minimum Gasteiger partial charge on any atom is -0.726 e. The Balaban J connectivity index is -0.000000886. The van der Waals surface area contributed by atoms with Crippen LogP contribution in [0.25, 0.3) is 0 Å². The largest absolute Gasteiger partial charge is 2.00 e. The quantitative estimate of drug-likeness (QED) is 0.0256. The molecule has 0 N–H and O–H groups in total. The van der Waals surface area contributed by atoms with Crippen molar-refractivity contribution in [1.82, 2.24) is 0 Å². The first-order valence-electron chi connectivity index (χ1n) is 20.3. The third-order valence-electron chi connectivity index (χ3n) is 8.55. The Morgan fingerprint density at radius 3 is 0.784 bits per heavy atom. The maximum Gasteiger partial charge on any atom is 2.00 e. The normalized spacial score (nSPS) is 13.0. The van der Waals surface area contributed by atoms with E-state index < -0.39 is 33.0 Å². The summed E-state index contributed by atoms with van der Waals surface area (Å²) in [6.45, 7) is 9.00. The Hall–Kier alpha value is 0.426. The van der Waals surface area contributed by atoms with E-state index in [1.807, 2.05) is 0 Å². The topological polar surface area (TPSA) is 151 Å². The van der Waals surface area contributed by atoms with Gasteiger partial charge >= 0.3 is 23.1 Å². The van der Waals surface area contributed by atoms with Gasteiger partial charge in [0.05, 0.1) is 25.4 Å². The van der Waals surface area contributed by atoms with Crippen LogP contribution in [-0.4, -0.2) is 87.6 Å². The summed E-state index contributed by atoms with van der Waals surface area (Å²) in [4.78, 5) is 0. The third kappa shape index (κ3) is 54.9. The fraction of sp³-hybridized carbons (Fsp3) is 1.00. The molecule has 0 saturated carbocycles. The molecule has 0 rings (SSSR count). The molecule has 13 heteroatoms. The molecule has 0 aromatic heterocycles. The van der Waals surface area contributed by atoms with Crippen LogP contribution in [0.4, 0.5) is 0 Å². The molecule has 10 nitrogen and oxygen atoms in total. The fourth-order valence-corrected chi connectivity index (χ4v) is 6.67. The average Bonchev–Trinajstić information content (AvgIpc) is 3.03. The number of hydrogen-bond donors (Lipinski definition) is 0. The second kappa shape index (κ2) is 41.6. The van der Waals surface area contributed by atoms with Gasteiger partial charge in [-0.05, 0) is 26.7 Å². The van der Waals surface area contributed by atoms with Crippen molar-refractivity contribution in [3.63, 3.8) is 0 Å². The van der Waals surface area contributed by atoms with Crippen LogP contribution >= 0.6 is 0 Å². The summed E-state index contributed by atoms with van der Waals surface area (Å²) in [6.07, 6.45) is 35.3. The summed E-state index contributed by atoms with van der Waals surface area (Å²) < 4.78 is 81.4. The van der Waals surface area contributed by atoms with Gasteiger partial charge in [0.1, 0.15) is 0 Å². The molecule has 0 aliphatic heterocycles. The molecule has 0 amide bonds. The van der Waals surface area contributed by atoms with Crippen molar-refractivity contribution in [2.24, 2.45) is 0 Å². The van der Waals surface area contributed by atoms with E-state index in [2.05, 4.69) is 22.2 Å². The molecule has 0 aliphatic carbocycles. The van der Waals surface area contributed by atoms with Crippen LogP contribution in [-0.2, 0) is 38.6 Å². The van der Waals surface area contributed by atoms with E-state index in [1.54, 1.807) is 0 Å². The van der Waals surface area contributed by atoms with Crippen molar-refractivity contribution in [2.45, 2.75) is 220 Å². The van der Waals surface area contributed by atoms with Crippen LogP contribution in [0.15, 0.2) is 0 Å². The van der Waals surface area contributed by atoms with Gasteiger partial charge in [-0.2, -0.15) is 0 Å². The second-order valence-corrected chi connectivity index (χ2v) is 16.0. The predicted molar refractivity (Wildman–Crippen MR) is 209 cm³/mol. The molecule has 0 heterocycles. The molecule has 0 fully saturated rings. The summed E-state index contributed by atoms with van der Waals surface area (Å²) in [6, 6.07) is 0. The molecular weight excluding hydrogens is 705 g/mol. The van der Waals surface area contributed by atoms with Crippen molar-refractivity contribution in [2.75, 3.05) is 26.4 Å². The SMILES string of the molecule is CCCCCCCCCCCCCCCCOCC(C)OS(=O)(=O)[O-].CCCCCCCCCCCCCCCCOCC(C)OS(=O)(=O)[O-].[Mg+2]. The zero-order chi connectivity index (χ0) is 37.6. The van der Waals surface area contributed by atoms with Crippen LogP contribution in [0, 0.1) is 0 Å². The minimum atomic E-state index is -4.63. The maximum atomic E-state index is 10.4. The molecule has 304 valence electrons.